The molecule has 0 N–H and O–H groups in total. The first-order chi connectivity index (χ1) is 2.00. The maximum Gasteiger partial charge on any atom is 1.00 e. The SMILES string of the molecule is [O-][Cl+3]([O-])([O-])[O-].[Rb+]. The van der Waals surface area contributed by atoms with Crippen LogP contribution in [0.5, 0.6) is 0 Å². The van der Waals surface area contributed by atoms with Gasteiger partial charge in [-0.25, -0.2) is 18.6 Å². The van der Waals surface area contributed by atoms with Gasteiger partial charge < -0.3 is 0 Å². The van der Waals surface area contributed by atoms with Crippen molar-refractivity contribution in [2.75, 3.05) is 0 Å². The number of hydrogen-bond acceptors (Lipinski definition) is 4. The summed E-state index contributed by atoms with van der Waals surface area (Å²) in [6.07, 6.45) is 0. The minimum absolute atomic E-state index is 0. The fourth-order valence-electron chi connectivity index (χ4n) is 0. The molecule has 0 saturated carbocycles. The first-order valence-corrected chi connectivity index (χ1v) is 1.85. The minimum Gasteiger partial charge on any atom is -0.222 e. The molecule has 0 atom stereocenters. The molecule has 0 amide bonds. The first-order valence-electron chi connectivity index (χ1n) is 0.617. The van der Waals surface area contributed by atoms with Crippen LogP contribution in [0.3, 0.4) is 0 Å². The molecule has 0 aromatic carbocycles. The van der Waals surface area contributed by atoms with Gasteiger partial charge in [0, 0.05) is 0 Å². The van der Waals surface area contributed by atoms with Gasteiger partial charge in [-0.1, -0.05) is 0 Å². The zero-order valence-corrected chi connectivity index (χ0v) is 8.68. The van der Waals surface area contributed by atoms with E-state index in [1.54, 1.807) is 0 Å². The molecule has 0 bridgehead atoms. The van der Waals surface area contributed by atoms with Gasteiger partial charge in [-0.05, 0) is 0 Å². The molecule has 0 spiro atoms. The van der Waals surface area contributed by atoms with Crippen molar-refractivity contribution in [2.45, 2.75) is 0 Å². The molecule has 0 aliphatic heterocycles. The van der Waals surface area contributed by atoms with Crippen LogP contribution >= 0.6 is 0 Å². The molecule has 0 saturated heterocycles. The zero-order chi connectivity index (χ0) is 4.50. The van der Waals surface area contributed by atoms with Crippen molar-refractivity contribution in [2.24, 2.45) is 0 Å². The van der Waals surface area contributed by atoms with Crippen LogP contribution in [0.4, 0.5) is 0 Å². The molecule has 0 aliphatic rings. The van der Waals surface area contributed by atoms with Crippen molar-refractivity contribution >= 4 is 0 Å². The summed E-state index contributed by atoms with van der Waals surface area (Å²) in [7, 11) is -4.94. The molecule has 4 nitrogen and oxygen atoms in total. The van der Waals surface area contributed by atoms with Gasteiger partial charge in [0.05, 0.1) is 0 Å². The Morgan fingerprint density at radius 3 is 0.833 bits per heavy atom. The number of rotatable bonds is 0. The Bertz CT molecular complexity index is 23.0. The van der Waals surface area contributed by atoms with Gasteiger partial charge in [0.1, 0.15) is 0 Å². The van der Waals surface area contributed by atoms with Crippen molar-refractivity contribution < 1.29 is 87.1 Å². The Hall–Kier alpha value is 1.94. The monoisotopic (exact) mass is 184 g/mol. The summed E-state index contributed by atoms with van der Waals surface area (Å²) >= 11 is 0. The molecule has 0 radical (unpaired) electrons. The predicted molar refractivity (Wildman–Crippen MR) is 0 cm³/mol. The first kappa shape index (κ1) is 10.8. The fraction of sp³-hybridized carbons (Fsp3) is 0. The van der Waals surface area contributed by atoms with Crippen LogP contribution in [-0.4, -0.2) is 0 Å². The third-order valence-corrected chi connectivity index (χ3v) is 0. The Balaban J connectivity index is 0. The van der Waals surface area contributed by atoms with Gasteiger partial charge in [-0.15, -0.1) is 10.2 Å². The molecule has 0 heterocycles. The van der Waals surface area contributed by atoms with Crippen LogP contribution in [0.25, 0.3) is 0 Å². The second-order valence-corrected chi connectivity index (χ2v) is 1.13. The molecule has 6 heavy (non-hydrogen) atoms. The molecule has 0 rings (SSSR count). The second kappa shape index (κ2) is 3.88. The average molecular weight is 185 g/mol. The maximum absolute atomic E-state index is 8.49. The Morgan fingerprint density at radius 1 is 0.833 bits per heavy atom. The Labute approximate surface area is 85.3 Å². The molecule has 0 aliphatic carbocycles. The molecular formula is ClO4Rb. The van der Waals surface area contributed by atoms with Gasteiger partial charge in [0.15, 0.2) is 0 Å². The van der Waals surface area contributed by atoms with E-state index in [-0.39, 0.29) is 58.2 Å². The molecule has 0 unspecified atom stereocenters. The minimum atomic E-state index is -4.94. The second-order valence-electron chi connectivity index (χ2n) is 0.378. The summed E-state index contributed by atoms with van der Waals surface area (Å²) in [6, 6.07) is 0. The molecule has 0 aromatic heterocycles. The largest absolute Gasteiger partial charge is 1.00 e. The normalized spacial score (nSPS) is 10.0. The maximum atomic E-state index is 8.49. The van der Waals surface area contributed by atoms with E-state index < -0.39 is 10.2 Å². The molecule has 0 aromatic rings. The third-order valence-electron chi connectivity index (χ3n) is 0. The van der Waals surface area contributed by atoms with Gasteiger partial charge in [-0.3, -0.25) is 0 Å². The fourth-order valence-corrected chi connectivity index (χ4v) is 0. The van der Waals surface area contributed by atoms with E-state index >= 15 is 0 Å². The third kappa shape index (κ3) is 38.6. The summed E-state index contributed by atoms with van der Waals surface area (Å²) in [4.78, 5) is 0. The van der Waals surface area contributed by atoms with E-state index in [0.29, 0.717) is 0 Å². The summed E-state index contributed by atoms with van der Waals surface area (Å²) in [5.41, 5.74) is 0. The van der Waals surface area contributed by atoms with E-state index in [2.05, 4.69) is 0 Å². The molecule has 32 valence electrons. The Morgan fingerprint density at radius 2 is 0.833 bits per heavy atom. The van der Waals surface area contributed by atoms with Crippen LogP contribution in [0.1, 0.15) is 0 Å². The molecule has 0 fully saturated rings. The molecular weight excluding hydrogens is 185 g/mol. The number of hydrogen-bond donors (Lipinski definition) is 0. The van der Waals surface area contributed by atoms with Gasteiger partial charge in [-0.2, -0.15) is 0 Å². The van der Waals surface area contributed by atoms with Gasteiger partial charge >= 0.3 is 58.2 Å². The van der Waals surface area contributed by atoms with Crippen LogP contribution in [0, 0.1) is 10.2 Å². The smallest absolute Gasteiger partial charge is 0.222 e. The van der Waals surface area contributed by atoms with Crippen LogP contribution in [0.2, 0.25) is 0 Å². The van der Waals surface area contributed by atoms with E-state index in [9.17, 15) is 0 Å². The average Bonchev–Trinajstić information content (AvgIpc) is 0.722. The quantitative estimate of drug-likeness (QED) is 0.374. The topological polar surface area (TPSA) is 92.2 Å². The van der Waals surface area contributed by atoms with Crippen LogP contribution in [-0.2, 0) is 0 Å². The summed E-state index contributed by atoms with van der Waals surface area (Å²) in [6.45, 7) is 0. The molecule has 6 heteroatoms. The number of halogens is 1. The van der Waals surface area contributed by atoms with E-state index in [4.69, 9.17) is 18.6 Å². The standard InChI is InChI=1S/ClHO4.Rb/c2-1(3,4)5;/h(H,2,3,4,5);/q;+1/p-1. The van der Waals surface area contributed by atoms with E-state index in [0.717, 1.165) is 0 Å². The Kier molecular flexibility index (Phi) is 7.01. The zero-order valence-electron chi connectivity index (χ0n) is 3.01. The van der Waals surface area contributed by atoms with Crippen molar-refractivity contribution in [1.29, 1.82) is 0 Å². The summed E-state index contributed by atoms with van der Waals surface area (Å²) in [5.74, 6) is 0. The van der Waals surface area contributed by atoms with E-state index in [1.807, 2.05) is 0 Å². The summed E-state index contributed by atoms with van der Waals surface area (Å²) in [5, 5.41) is 0. The van der Waals surface area contributed by atoms with Crippen LogP contribution in [0.15, 0.2) is 0 Å². The van der Waals surface area contributed by atoms with Crippen molar-refractivity contribution in [3.05, 3.63) is 0 Å². The van der Waals surface area contributed by atoms with Crippen molar-refractivity contribution in [3.63, 3.8) is 0 Å². The van der Waals surface area contributed by atoms with E-state index in [1.165, 1.54) is 0 Å². The van der Waals surface area contributed by atoms with Crippen molar-refractivity contribution in [3.8, 4) is 0 Å². The van der Waals surface area contributed by atoms with Gasteiger partial charge in [0.25, 0.3) is 0 Å². The van der Waals surface area contributed by atoms with Gasteiger partial charge in [0.2, 0.25) is 0 Å². The predicted octanol–water partition coefficient (Wildman–Crippen LogP) is -7.75. The van der Waals surface area contributed by atoms with Crippen LogP contribution < -0.4 is 76.8 Å². The summed E-state index contributed by atoms with van der Waals surface area (Å²) < 4.78 is 34.0. The van der Waals surface area contributed by atoms with Crippen molar-refractivity contribution in [1.82, 2.24) is 0 Å².